The Morgan fingerprint density at radius 2 is 1.79 bits per heavy atom. The first-order chi connectivity index (χ1) is 20.5. The largest absolute Gasteiger partial charge is 0.453 e. The van der Waals surface area contributed by atoms with Crippen LogP contribution in [0.2, 0.25) is 0 Å². The van der Waals surface area contributed by atoms with Gasteiger partial charge >= 0.3 is 0 Å². The van der Waals surface area contributed by atoms with Gasteiger partial charge in [-0.1, -0.05) is 43.8 Å². The predicted octanol–water partition coefficient (Wildman–Crippen LogP) is 7.58. The Bertz CT molecular complexity index is 1720. The Labute approximate surface area is 259 Å². The summed E-state index contributed by atoms with van der Waals surface area (Å²) in [6, 6.07) is 21.6. The maximum absolute atomic E-state index is 15.1. The van der Waals surface area contributed by atoms with E-state index in [0.29, 0.717) is 11.4 Å². The van der Waals surface area contributed by atoms with E-state index in [-0.39, 0.29) is 30.6 Å². The molecule has 2 aromatic carbocycles. The van der Waals surface area contributed by atoms with Gasteiger partial charge in [-0.15, -0.1) is 11.3 Å². The van der Waals surface area contributed by atoms with E-state index in [1.54, 1.807) is 18.3 Å². The number of hydrogen-bond acceptors (Lipinski definition) is 7. The number of thiophene rings is 1. The highest BCUT2D eigenvalue weighted by Gasteiger charge is 2.16. The Kier molecular flexibility index (Phi) is 9.71. The van der Waals surface area contributed by atoms with Crippen LogP contribution < -0.4 is 15.4 Å². The lowest BCUT2D eigenvalue weighted by molar-refractivity contribution is -0.119. The number of pyridine rings is 2. The highest BCUT2D eigenvalue weighted by molar-refractivity contribution is 7.80. The molecule has 1 fully saturated rings. The number of fused-ring (bicyclic) bond motifs is 1. The smallest absolute Gasteiger partial charge is 0.230 e. The summed E-state index contributed by atoms with van der Waals surface area (Å²) in [6.07, 6.45) is 6.30. The Morgan fingerprint density at radius 3 is 2.53 bits per heavy atom. The fourth-order valence-corrected chi connectivity index (χ4v) is 6.15. The molecule has 1 amide bonds. The van der Waals surface area contributed by atoms with Crippen LogP contribution in [-0.2, 0) is 17.8 Å². The maximum atomic E-state index is 15.1. The van der Waals surface area contributed by atoms with E-state index in [0.717, 1.165) is 46.0 Å². The highest BCUT2D eigenvalue weighted by atomic mass is 32.1. The molecule has 10 heteroatoms. The molecule has 3 aromatic heterocycles. The third-order valence-electron chi connectivity index (χ3n) is 6.93. The van der Waals surface area contributed by atoms with E-state index >= 15 is 4.39 Å². The number of carbonyl (C=O) groups excluding carboxylic acids is 1. The number of nitrogens with zero attached hydrogens (tertiary/aromatic N) is 3. The molecular formula is C33H32FN5O2S2. The van der Waals surface area contributed by atoms with Crippen LogP contribution in [0.4, 0.5) is 10.1 Å². The van der Waals surface area contributed by atoms with E-state index in [1.807, 2.05) is 48.7 Å². The summed E-state index contributed by atoms with van der Waals surface area (Å²) in [6.45, 7) is 3.22. The van der Waals surface area contributed by atoms with Gasteiger partial charge in [-0.05, 0) is 73.5 Å². The van der Waals surface area contributed by atoms with Crippen molar-refractivity contribution in [2.45, 2.75) is 33.2 Å². The summed E-state index contributed by atoms with van der Waals surface area (Å²) < 4.78 is 21.9. The van der Waals surface area contributed by atoms with Crippen molar-refractivity contribution in [3.63, 3.8) is 0 Å². The number of likely N-dealkylation sites (tertiary alicyclic amines) is 1. The van der Waals surface area contributed by atoms with Crippen molar-refractivity contribution >= 4 is 50.5 Å². The summed E-state index contributed by atoms with van der Waals surface area (Å²) in [5, 5.41) is 5.56. The van der Waals surface area contributed by atoms with Gasteiger partial charge in [0.2, 0.25) is 5.91 Å². The second-order valence-electron chi connectivity index (χ2n) is 10.1. The minimum absolute atomic E-state index is 0. The molecule has 43 heavy (non-hydrogen) atoms. The SMILES string of the molecule is C.O=C(Cc1ccccc1)NC(=S)Nc1ccc(Oc2ccnc3cc(-c4ccc(CN5CCCC5)cn4)sc23)c(F)c1. The van der Waals surface area contributed by atoms with Gasteiger partial charge in [0.05, 0.1) is 27.2 Å². The number of ether oxygens (including phenoxy) is 1. The summed E-state index contributed by atoms with van der Waals surface area (Å²) in [5.41, 5.74) is 4.08. The molecule has 220 valence electrons. The zero-order valence-electron chi connectivity index (χ0n) is 22.7. The van der Waals surface area contributed by atoms with Gasteiger partial charge in [0, 0.05) is 36.8 Å². The average Bonchev–Trinajstić information content (AvgIpc) is 3.66. The minimum Gasteiger partial charge on any atom is -0.453 e. The molecule has 0 unspecified atom stereocenters. The van der Waals surface area contributed by atoms with Crippen molar-refractivity contribution in [2.24, 2.45) is 0 Å². The van der Waals surface area contributed by atoms with Gasteiger partial charge in [-0.2, -0.15) is 0 Å². The minimum atomic E-state index is -0.574. The van der Waals surface area contributed by atoms with Gasteiger partial charge in [0.1, 0.15) is 5.75 Å². The summed E-state index contributed by atoms with van der Waals surface area (Å²) in [4.78, 5) is 24.9. The van der Waals surface area contributed by atoms with Crippen molar-refractivity contribution in [3.8, 4) is 22.1 Å². The highest BCUT2D eigenvalue weighted by Crippen LogP contribution is 2.39. The second kappa shape index (κ2) is 13.8. The van der Waals surface area contributed by atoms with Gasteiger partial charge in [-0.3, -0.25) is 19.7 Å². The number of halogens is 1. The van der Waals surface area contributed by atoms with Crippen molar-refractivity contribution in [1.29, 1.82) is 0 Å². The number of benzene rings is 2. The number of amides is 1. The quantitative estimate of drug-likeness (QED) is 0.175. The molecule has 1 aliphatic heterocycles. The molecule has 1 saturated heterocycles. The van der Waals surface area contributed by atoms with E-state index < -0.39 is 5.82 Å². The van der Waals surface area contributed by atoms with Crippen molar-refractivity contribution in [1.82, 2.24) is 20.2 Å². The molecule has 5 aromatic rings. The lowest BCUT2D eigenvalue weighted by Gasteiger charge is -2.14. The van der Waals surface area contributed by atoms with Crippen LogP contribution in [0.1, 0.15) is 31.4 Å². The van der Waals surface area contributed by atoms with Crippen LogP contribution in [0.25, 0.3) is 20.8 Å². The normalized spacial score (nSPS) is 13.0. The van der Waals surface area contributed by atoms with Crippen LogP contribution in [0.5, 0.6) is 11.5 Å². The summed E-state index contributed by atoms with van der Waals surface area (Å²) >= 11 is 6.74. The lowest BCUT2D eigenvalue weighted by atomic mass is 10.1. The molecule has 0 saturated carbocycles. The monoisotopic (exact) mass is 613 g/mol. The van der Waals surface area contributed by atoms with Gasteiger partial charge in [-0.25, -0.2) is 4.39 Å². The third-order valence-corrected chi connectivity index (χ3v) is 8.29. The zero-order chi connectivity index (χ0) is 28.9. The average molecular weight is 614 g/mol. The number of nitrogens with one attached hydrogen (secondary N) is 2. The topological polar surface area (TPSA) is 79.4 Å². The van der Waals surface area contributed by atoms with Crippen LogP contribution in [0.15, 0.2) is 85.2 Å². The van der Waals surface area contributed by atoms with E-state index in [2.05, 4.69) is 26.6 Å². The van der Waals surface area contributed by atoms with Crippen LogP contribution >= 0.6 is 23.6 Å². The molecule has 7 nitrogen and oxygen atoms in total. The fraction of sp³-hybridized carbons (Fsp3) is 0.212. The Morgan fingerprint density at radius 1 is 0.977 bits per heavy atom. The number of thiocarbonyl (C=S) groups is 1. The van der Waals surface area contributed by atoms with Crippen LogP contribution in [-0.4, -0.2) is 39.0 Å². The first-order valence-corrected chi connectivity index (χ1v) is 14.9. The molecule has 0 spiro atoms. The van der Waals surface area contributed by atoms with Crippen LogP contribution in [0, 0.1) is 5.82 Å². The molecule has 0 bridgehead atoms. The number of rotatable bonds is 8. The first-order valence-electron chi connectivity index (χ1n) is 13.7. The van der Waals surface area contributed by atoms with E-state index in [9.17, 15) is 4.79 Å². The molecule has 6 rings (SSSR count). The summed E-state index contributed by atoms with van der Waals surface area (Å²) in [5.74, 6) is -0.267. The van der Waals surface area contributed by atoms with Gasteiger partial charge in [0.15, 0.2) is 16.7 Å². The number of aromatic nitrogens is 2. The number of anilines is 1. The standard InChI is InChI=1S/C32H28FN5O2S2.CH4/c33-24-17-23(36-32(41)37-30(39)16-21-6-2-1-3-7-21)9-11-27(24)40-28-12-13-34-26-18-29(42-31(26)28)25-10-8-22(19-35-25)20-38-14-4-5-15-38;/h1-3,6-13,17-19H,4-5,14-16,20H2,(H2,36,37,39,41);1H4. The van der Waals surface area contributed by atoms with Gasteiger partial charge < -0.3 is 15.4 Å². The molecule has 0 atom stereocenters. The van der Waals surface area contributed by atoms with Gasteiger partial charge in [0.25, 0.3) is 0 Å². The predicted molar refractivity (Wildman–Crippen MR) is 175 cm³/mol. The fourth-order valence-electron chi connectivity index (χ4n) is 4.88. The van der Waals surface area contributed by atoms with E-state index in [4.69, 9.17) is 21.9 Å². The van der Waals surface area contributed by atoms with E-state index in [1.165, 1.54) is 41.9 Å². The lowest BCUT2D eigenvalue weighted by Crippen LogP contribution is -2.35. The molecular weight excluding hydrogens is 582 g/mol. The van der Waals surface area contributed by atoms with Crippen LogP contribution in [0.3, 0.4) is 0 Å². The second-order valence-corrected chi connectivity index (χ2v) is 11.5. The molecule has 4 heterocycles. The van der Waals surface area contributed by atoms with Crippen molar-refractivity contribution in [3.05, 3.63) is 102 Å². The maximum Gasteiger partial charge on any atom is 0.230 e. The summed E-state index contributed by atoms with van der Waals surface area (Å²) in [7, 11) is 0. The molecule has 0 radical (unpaired) electrons. The molecule has 0 aliphatic carbocycles. The molecule has 1 aliphatic rings. The Hall–Kier alpha value is -4.25. The third kappa shape index (κ3) is 7.59. The number of hydrogen-bond donors (Lipinski definition) is 2. The van der Waals surface area contributed by atoms with Crippen molar-refractivity contribution < 1.29 is 13.9 Å². The molecule has 2 N–H and O–H groups in total. The Balaban J connectivity index is 0.00000368. The number of carbonyl (C=O) groups is 1. The zero-order valence-corrected chi connectivity index (χ0v) is 24.3. The first kappa shape index (κ1) is 30.2. The van der Waals surface area contributed by atoms with Crippen molar-refractivity contribution in [2.75, 3.05) is 18.4 Å².